The van der Waals surface area contributed by atoms with Crippen molar-refractivity contribution in [3.63, 3.8) is 0 Å². The molecule has 3 heteroatoms. The SMILES string of the molecule is CN(Cc1ccccc1)C(C(=O)NC1CCCC1)c1ccccc1. The van der Waals surface area contributed by atoms with Gasteiger partial charge in [-0.25, -0.2) is 0 Å². The molecule has 1 aliphatic carbocycles. The Morgan fingerprint density at radius 3 is 2.25 bits per heavy atom. The zero-order chi connectivity index (χ0) is 16.8. The van der Waals surface area contributed by atoms with E-state index in [-0.39, 0.29) is 11.9 Å². The molecule has 1 atom stereocenters. The Hall–Kier alpha value is -2.13. The van der Waals surface area contributed by atoms with Crippen LogP contribution in [0.3, 0.4) is 0 Å². The third-order valence-corrected chi connectivity index (χ3v) is 4.78. The van der Waals surface area contributed by atoms with Crippen molar-refractivity contribution in [2.45, 2.75) is 44.3 Å². The standard InChI is InChI=1S/C21H26N2O/c1-23(16-17-10-4-2-5-11-17)20(18-12-6-3-7-13-18)21(24)22-19-14-8-9-15-19/h2-7,10-13,19-20H,8-9,14-16H2,1H3,(H,22,24). The number of carbonyl (C=O) groups excluding carboxylic acids is 1. The summed E-state index contributed by atoms with van der Waals surface area (Å²) in [5.74, 6) is 0.117. The molecule has 3 rings (SSSR count). The van der Waals surface area contributed by atoms with Crippen molar-refractivity contribution in [2.24, 2.45) is 0 Å². The van der Waals surface area contributed by atoms with Gasteiger partial charge in [-0.2, -0.15) is 0 Å². The van der Waals surface area contributed by atoms with Gasteiger partial charge in [0.05, 0.1) is 0 Å². The first-order valence-electron chi connectivity index (χ1n) is 8.83. The number of carbonyl (C=O) groups is 1. The van der Waals surface area contributed by atoms with E-state index in [9.17, 15) is 4.79 Å². The van der Waals surface area contributed by atoms with Crippen LogP contribution in [0.15, 0.2) is 60.7 Å². The molecule has 1 fully saturated rings. The molecule has 2 aromatic carbocycles. The van der Waals surface area contributed by atoms with Gasteiger partial charge in [0.15, 0.2) is 0 Å². The summed E-state index contributed by atoms with van der Waals surface area (Å²) >= 11 is 0. The number of amides is 1. The molecule has 1 unspecified atom stereocenters. The number of nitrogens with zero attached hydrogens (tertiary/aromatic N) is 1. The molecule has 126 valence electrons. The lowest BCUT2D eigenvalue weighted by Crippen LogP contribution is -2.42. The monoisotopic (exact) mass is 322 g/mol. The molecule has 0 bridgehead atoms. The van der Waals surface area contributed by atoms with Gasteiger partial charge < -0.3 is 5.32 Å². The van der Waals surface area contributed by atoms with Crippen LogP contribution in [0, 0.1) is 0 Å². The maximum atomic E-state index is 13.0. The number of likely N-dealkylation sites (N-methyl/N-ethyl adjacent to an activating group) is 1. The molecule has 1 N–H and O–H groups in total. The van der Waals surface area contributed by atoms with Gasteiger partial charge in [-0.05, 0) is 31.0 Å². The molecule has 1 amide bonds. The zero-order valence-electron chi connectivity index (χ0n) is 14.3. The third-order valence-electron chi connectivity index (χ3n) is 4.78. The molecule has 0 aliphatic heterocycles. The van der Waals surface area contributed by atoms with Crippen LogP contribution < -0.4 is 5.32 Å². The van der Waals surface area contributed by atoms with Crippen LogP contribution in [0.1, 0.15) is 42.9 Å². The third kappa shape index (κ3) is 4.24. The Morgan fingerprint density at radius 1 is 1.04 bits per heavy atom. The Kier molecular flexibility index (Phi) is 5.65. The average molecular weight is 322 g/mol. The van der Waals surface area contributed by atoms with Gasteiger partial charge in [0, 0.05) is 12.6 Å². The Morgan fingerprint density at radius 2 is 1.62 bits per heavy atom. The van der Waals surface area contributed by atoms with Crippen LogP contribution >= 0.6 is 0 Å². The van der Waals surface area contributed by atoms with Crippen LogP contribution in [-0.4, -0.2) is 23.9 Å². The summed E-state index contributed by atoms with van der Waals surface area (Å²) < 4.78 is 0. The van der Waals surface area contributed by atoms with Crippen LogP contribution in [0.5, 0.6) is 0 Å². The molecule has 24 heavy (non-hydrogen) atoms. The van der Waals surface area contributed by atoms with Crippen molar-refractivity contribution in [3.8, 4) is 0 Å². The van der Waals surface area contributed by atoms with Crippen LogP contribution in [-0.2, 0) is 11.3 Å². The van der Waals surface area contributed by atoms with Crippen molar-refractivity contribution in [1.82, 2.24) is 10.2 Å². The molecule has 2 aromatic rings. The summed E-state index contributed by atoms with van der Waals surface area (Å²) in [7, 11) is 2.03. The fourth-order valence-electron chi connectivity index (χ4n) is 3.55. The zero-order valence-corrected chi connectivity index (χ0v) is 14.3. The number of benzene rings is 2. The minimum Gasteiger partial charge on any atom is -0.352 e. The number of nitrogens with one attached hydrogen (secondary N) is 1. The van der Waals surface area contributed by atoms with Gasteiger partial charge in [-0.1, -0.05) is 73.5 Å². The first-order chi connectivity index (χ1) is 11.7. The number of hydrogen-bond donors (Lipinski definition) is 1. The highest BCUT2D eigenvalue weighted by atomic mass is 16.2. The number of rotatable bonds is 6. The topological polar surface area (TPSA) is 32.3 Å². The van der Waals surface area contributed by atoms with E-state index in [1.807, 2.05) is 55.6 Å². The van der Waals surface area contributed by atoms with Crippen molar-refractivity contribution in [1.29, 1.82) is 0 Å². The molecule has 3 nitrogen and oxygen atoms in total. The molecule has 0 saturated heterocycles. The quantitative estimate of drug-likeness (QED) is 0.874. The van der Waals surface area contributed by atoms with Crippen LogP contribution in [0.2, 0.25) is 0 Å². The first-order valence-corrected chi connectivity index (χ1v) is 8.83. The average Bonchev–Trinajstić information content (AvgIpc) is 3.10. The maximum absolute atomic E-state index is 13.0. The lowest BCUT2D eigenvalue weighted by atomic mass is 10.0. The smallest absolute Gasteiger partial charge is 0.242 e. The highest BCUT2D eigenvalue weighted by molar-refractivity contribution is 5.83. The molecule has 1 saturated carbocycles. The fraction of sp³-hybridized carbons (Fsp3) is 0.381. The minimum atomic E-state index is -0.257. The fourth-order valence-corrected chi connectivity index (χ4v) is 3.55. The van der Waals surface area contributed by atoms with Gasteiger partial charge in [0.2, 0.25) is 5.91 Å². The molecule has 1 aliphatic rings. The van der Waals surface area contributed by atoms with Gasteiger partial charge in [-0.3, -0.25) is 9.69 Å². The van der Waals surface area contributed by atoms with Crippen LogP contribution in [0.25, 0.3) is 0 Å². The van der Waals surface area contributed by atoms with Gasteiger partial charge in [-0.15, -0.1) is 0 Å². The molecule has 0 aromatic heterocycles. The van der Waals surface area contributed by atoms with E-state index in [1.165, 1.54) is 18.4 Å². The van der Waals surface area contributed by atoms with E-state index < -0.39 is 0 Å². The van der Waals surface area contributed by atoms with E-state index in [0.717, 1.165) is 24.9 Å². The van der Waals surface area contributed by atoms with Crippen molar-refractivity contribution in [2.75, 3.05) is 7.05 Å². The van der Waals surface area contributed by atoms with E-state index in [4.69, 9.17) is 0 Å². The highest BCUT2D eigenvalue weighted by Gasteiger charge is 2.27. The largest absolute Gasteiger partial charge is 0.352 e. The van der Waals surface area contributed by atoms with E-state index in [0.29, 0.717) is 6.04 Å². The summed E-state index contributed by atoms with van der Waals surface area (Å²) in [5, 5.41) is 3.26. The van der Waals surface area contributed by atoms with Crippen molar-refractivity contribution < 1.29 is 4.79 Å². The summed E-state index contributed by atoms with van der Waals surface area (Å²) in [6, 6.07) is 20.5. The van der Waals surface area contributed by atoms with Crippen molar-refractivity contribution >= 4 is 5.91 Å². The highest BCUT2D eigenvalue weighted by Crippen LogP contribution is 2.24. The summed E-state index contributed by atoms with van der Waals surface area (Å²) in [6.07, 6.45) is 4.66. The molecular formula is C21H26N2O. The van der Waals surface area contributed by atoms with E-state index in [2.05, 4.69) is 22.3 Å². The lowest BCUT2D eigenvalue weighted by Gasteiger charge is -2.29. The summed E-state index contributed by atoms with van der Waals surface area (Å²) in [4.78, 5) is 15.1. The summed E-state index contributed by atoms with van der Waals surface area (Å²) in [5.41, 5.74) is 2.26. The normalized spacial score (nSPS) is 16.2. The van der Waals surface area contributed by atoms with Crippen molar-refractivity contribution in [3.05, 3.63) is 71.8 Å². The van der Waals surface area contributed by atoms with Gasteiger partial charge in [0.1, 0.15) is 6.04 Å². The van der Waals surface area contributed by atoms with E-state index >= 15 is 0 Å². The predicted octanol–water partition coefficient (Wildman–Crippen LogP) is 3.92. The second-order valence-electron chi connectivity index (χ2n) is 6.70. The van der Waals surface area contributed by atoms with E-state index in [1.54, 1.807) is 0 Å². The first kappa shape index (κ1) is 16.7. The summed E-state index contributed by atoms with van der Waals surface area (Å²) in [6.45, 7) is 0.748. The second kappa shape index (κ2) is 8.11. The molecule has 0 spiro atoms. The Balaban J connectivity index is 1.77. The molecule has 0 heterocycles. The predicted molar refractivity (Wildman–Crippen MR) is 97.5 cm³/mol. The molecular weight excluding hydrogens is 296 g/mol. The van der Waals surface area contributed by atoms with Gasteiger partial charge in [0.25, 0.3) is 0 Å². The minimum absolute atomic E-state index is 0.117. The lowest BCUT2D eigenvalue weighted by molar-refractivity contribution is -0.127. The van der Waals surface area contributed by atoms with Crippen LogP contribution in [0.4, 0.5) is 0 Å². The molecule has 0 radical (unpaired) electrons. The Labute approximate surface area is 144 Å². The number of hydrogen-bond acceptors (Lipinski definition) is 2. The van der Waals surface area contributed by atoms with Gasteiger partial charge >= 0.3 is 0 Å². The Bertz CT molecular complexity index is 635. The second-order valence-corrected chi connectivity index (χ2v) is 6.70. The maximum Gasteiger partial charge on any atom is 0.242 e.